The van der Waals surface area contributed by atoms with Crippen molar-refractivity contribution in [3.8, 4) is 5.88 Å². The zero-order valence-electron chi connectivity index (χ0n) is 11.9. The van der Waals surface area contributed by atoms with Crippen molar-refractivity contribution in [1.29, 1.82) is 0 Å². The number of rotatable bonds is 5. The highest BCUT2D eigenvalue weighted by atomic mass is 16.5. The van der Waals surface area contributed by atoms with Gasteiger partial charge in [-0.3, -0.25) is 4.98 Å². The molecule has 1 aromatic rings. The van der Waals surface area contributed by atoms with Crippen LogP contribution in [0.3, 0.4) is 0 Å². The number of anilines is 1. The van der Waals surface area contributed by atoms with Crippen LogP contribution in [0.1, 0.15) is 33.1 Å². The van der Waals surface area contributed by atoms with Crippen LogP contribution in [-0.2, 0) is 0 Å². The molecule has 0 aromatic carbocycles. The molecule has 2 N–H and O–H groups in total. The number of aromatic nitrogens is 2. The lowest BCUT2D eigenvalue weighted by Gasteiger charge is -2.33. The molecular weight excluding hydrogens is 240 g/mol. The minimum atomic E-state index is 0.121. The van der Waals surface area contributed by atoms with Gasteiger partial charge in [-0.1, -0.05) is 0 Å². The SMILES string of the molecule is CC(C)Oc1cncc(N2CCCC(CCN)C2)n1. The van der Waals surface area contributed by atoms with Crippen molar-refractivity contribution in [2.45, 2.75) is 39.2 Å². The molecule has 5 nitrogen and oxygen atoms in total. The minimum absolute atomic E-state index is 0.121. The fourth-order valence-corrected chi connectivity index (χ4v) is 2.53. The summed E-state index contributed by atoms with van der Waals surface area (Å²) < 4.78 is 5.60. The number of hydrogen-bond donors (Lipinski definition) is 1. The summed E-state index contributed by atoms with van der Waals surface area (Å²) in [5.41, 5.74) is 5.66. The molecule has 0 radical (unpaired) electrons. The van der Waals surface area contributed by atoms with E-state index in [1.807, 2.05) is 20.0 Å². The maximum atomic E-state index is 5.66. The maximum absolute atomic E-state index is 5.66. The van der Waals surface area contributed by atoms with Gasteiger partial charge in [-0.15, -0.1) is 0 Å². The van der Waals surface area contributed by atoms with Gasteiger partial charge in [0.2, 0.25) is 5.88 Å². The number of ether oxygens (including phenoxy) is 1. The lowest BCUT2D eigenvalue weighted by Crippen LogP contribution is -2.36. The van der Waals surface area contributed by atoms with Gasteiger partial charge in [0.1, 0.15) is 0 Å². The topological polar surface area (TPSA) is 64.3 Å². The molecule has 2 heterocycles. The van der Waals surface area contributed by atoms with E-state index in [0.717, 1.165) is 31.9 Å². The predicted octanol–water partition coefficient (Wildman–Crippen LogP) is 1.83. The summed E-state index contributed by atoms with van der Waals surface area (Å²) >= 11 is 0. The standard InChI is InChI=1S/C14H24N4O/c1-11(2)19-14-9-16-8-13(17-14)18-7-3-4-12(10-18)5-6-15/h8-9,11-12H,3-7,10,15H2,1-2H3. The zero-order valence-corrected chi connectivity index (χ0v) is 11.9. The molecular formula is C14H24N4O. The van der Waals surface area contributed by atoms with Gasteiger partial charge in [-0.05, 0) is 45.6 Å². The van der Waals surface area contributed by atoms with Crippen LogP contribution in [0.4, 0.5) is 5.82 Å². The van der Waals surface area contributed by atoms with Gasteiger partial charge in [-0.2, -0.15) is 4.98 Å². The number of nitrogens with zero attached hydrogens (tertiary/aromatic N) is 3. The predicted molar refractivity (Wildman–Crippen MR) is 76.4 cm³/mol. The van der Waals surface area contributed by atoms with Gasteiger partial charge in [0.05, 0.1) is 18.5 Å². The van der Waals surface area contributed by atoms with Crippen LogP contribution in [0, 0.1) is 5.92 Å². The molecule has 106 valence electrons. The maximum Gasteiger partial charge on any atom is 0.234 e. The number of nitrogens with two attached hydrogens (primary N) is 1. The first-order chi connectivity index (χ1) is 9.19. The van der Waals surface area contributed by atoms with Crippen molar-refractivity contribution in [3.05, 3.63) is 12.4 Å². The summed E-state index contributed by atoms with van der Waals surface area (Å²) in [4.78, 5) is 11.1. The molecule has 19 heavy (non-hydrogen) atoms. The Bertz CT molecular complexity index is 395. The smallest absolute Gasteiger partial charge is 0.234 e. The first kappa shape index (κ1) is 14.1. The highest BCUT2D eigenvalue weighted by Gasteiger charge is 2.20. The fraction of sp³-hybridized carbons (Fsp3) is 0.714. The van der Waals surface area contributed by atoms with Gasteiger partial charge in [0.25, 0.3) is 0 Å². The Labute approximate surface area is 115 Å². The van der Waals surface area contributed by atoms with E-state index < -0.39 is 0 Å². The average Bonchev–Trinajstić information content (AvgIpc) is 2.39. The Balaban J connectivity index is 2.04. The fourth-order valence-electron chi connectivity index (χ4n) is 2.53. The van der Waals surface area contributed by atoms with Crippen molar-refractivity contribution >= 4 is 5.82 Å². The summed E-state index contributed by atoms with van der Waals surface area (Å²) in [6, 6.07) is 0. The molecule has 0 amide bonds. The minimum Gasteiger partial charge on any atom is -0.474 e. The molecule has 1 unspecified atom stereocenters. The third-order valence-electron chi connectivity index (χ3n) is 3.37. The van der Waals surface area contributed by atoms with E-state index in [-0.39, 0.29) is 6.10 Å². The molecule has 0 saturated carbocycles. The highest BCUT2D eigenvalue weighted by Crippen LogP contribution is 2.24. The molecule has 0 spiro atoms. The van der Waals surface area contributed by atoms with E-state index in [2.05, 4.69) is 14.9 Å². The molecule has 1 aromatic heterocycles. The van der Waals surface area contributed by atoms with E-state index in [1.54, 1.807) is 6.20 Å². The van der Waals surface area contributed by atoms with Crippen LogP contribution < -0.4 is 15.4 Å². The van der Waals surface area contributed by atoms with E-state index in [1.165, 1.54) is 12.8 Å². The third kappa shape index (κ3) is 4.06. The Hall–Kier alpha value is -1.36. The molecule has 1 fully saturated rings. The molecule has 1 atom stereocenters. The van der Waals surface area contributed by atoms with E-state index in [9.17, 15) is 0 Å². The lowest BCUT2D eigenvalue weighted by molar-refractivity contribution is 0.231. The summed E-state index contributed by atoms with van der Waals surface area (Å²) in [5, 5.41) is 0. The van der Waals surface area contributed by atoms with Gasteiger partial charge < -0.3 is 15.4 Å². The summed E-state index contributed by atoms with van der Waals surface area (Å²) in [6.07, 6.45) is 7.16. The zero-order chi connectivity index (χ0) is 13.7. The largest absolute Gasteiger partial charge is 0.474 e. The molecule has 0 aliphatic carbocycles. The van der Waals surface area contributed by atoms with Crippen LogP contribution in [0.25, 0.3) is 0 Å². The van der Waals surface area contributed by atoms with E-state index in [0.29, 0.717) is 11.8 Å². The van der Waals surface area contributed by atoms with Crippen molar-refractivity contribution in [2.24, 2.45) is 11.7 Å². The molecule has 5 heteroatoms. The van der Waals surface area contributed by atoms with Crippen LogP contribution in [0.2, 0.25) is 0 Å². The third-order valence-corrected chi connectivity index (χ3v) is 3.37. The van der Waals surface area contributed by atoms with Gasteiger partial charge in [0.15, 0.2) is 5.82 Å². The Morgan fingerprint density at radius 2 is 2.32 bits per heavy atom. The second-order valence-corrected chi connectivity index (χ2v) is 5.41. The molecule has 1 aliphatic heterocycles. The first-order valence-electron chi connectivity index (χ1n) is 7.12. The lowest BCUT2D eigenvalue weighted by atomic mass is 9.95. The van der Waals surface area contributed by atoms with Crippen LogP contribution in [-0.4, -0.2) is 35.7 Å². The van der Waals surface area contributed by atoms with Gasteiger partial charge in [-0.25, -0.2) is 0 Å². The van der Waals surface area contributed by atoms with Crippen LogP contribution >= 0.6 is 0 Å². The monoisotopic (exact) mass is 264 g/mol. The van der Waals surface area contributed by atoms with Crippen LogP contribution in [0.15, 0.2) is 12.4 Å². The quantitative estimate of drug-likeness (QED) is 0.879. The van der Waals surface area contributed by atoms with Crippen molar-refractivity contribution in [3.63, 3.8) is 0 Å². The van der Waals surface area contributed by atoms with Gasteiger partial charge in [0, 0.05) is 13.1 Å². The van der Waals surface area contributed by atoms with Crippen molar-refractivity contribution < 1.29 is 4.74 Å². The van der Waals surface area contributed by atoms with Crippen molar-refractivity contribution in [1.82, 2.24) is 9.97 Å². The van der Waals surface area contributed by atoms with Crippen molar-refractivity contribution in [2.75, 3.05) is 24.5 Å². The average molecular weight is 264 g/mol. The molecule has 0 bridgehead atoms. The number of piperidine rings is 1. The Morgan fingerprint density at radius 1 is 1.47 bits per heavy atom. The Morgan fingerprint density at radius 3 is 3.05 bits per heavy atom. The number of hydrogen-bond acceptors (Lipinski definition) is 5. The van der Waals surface area contributed by atoms with E-state index >= 15 is 0 Å². The first-order valence-corrected chi connectivity index (χ1v) is 7.12. The van der Waals surface area contributed by atoms with Crippen LogP contribution in [0.5, 0.6) is 5.88 Å². The highest BCUT2D eigenvalue weighted by molar-refractivity contribution is 5.38. The summed E-state index contributed by atoms with van der Waals surface area (Å²) in [7, 11) is 0. The summed E-state index contributed by atoms with van der Waals surface area (Å²) in [6.45, 7) is 6.82. The van der Waals surface area contributed by atoms with E-state index in [4.69, 9.17) is 10.5 Å². The molecule has 1 saturated heterocycles. The second-order valence-electron chi connectivity index (χ2n) is 5.41. The normalized spacial score (nSPS) is 19.8. The molecule has 2 rings (SSSR count). The second kappa shape index (κ2) is 6.70. The Kier molecular flexibility index (Phi) is 4.96. The van der Waals surface area contributed by atoms with Gasteiger partial charge >= 0.3 is 0 Å². The summed E-state index contributed by atoms with van der Waals surface area (Å²) in [5.74, 6) is 2.20. The molecule has 1 aliphatic rings.